The Balaban J connectivity index is 3.32. The van der Waals surface area contributed by atoms with Crippen molar-refractivity contribution < 1.29 is 0 Å². The Bertz CT molecular complexity index is 352. The van der Waals surface area contributed by atoms with Gasteiger partial charge in [0.15, 0.2) is 0 Å². The first-order valence-electron chi connectivity index (χ1n) is 3.19. The quantitative estimate of drug-likeness (QED) is 0.650. The molecule has 1 aromatic carbocycles. The molecule has 0 aliphatic rings. The molecule has 0 atom stereocenters. The molecule has 0 heterocycles. The lowest BCUT2D eigenvalue weighted by Crippen LogP contribution is -1.80. The third kappa shape index (κ3) is 2.68. The zero-order valence-electron chi connectivity index (χ0n) is 6.12. The molecule has 70 valence electrons. The summed E-state index contributed by atoms with van der Waals surface area (Å²) < 4.78 is -0.0363. The minimum absolute atomic E-state index is 0.0363. The van der Waals surface area contributed by atoms with Gasteiger partial charge in [-0.05, 0) is 6.07 Å². The van der Waals surface area contributed by atoms with Crippen LogP contribution in [-0.4, -0.2) is 0 Å². The topological polar surface area (TPSA) is 0 Å². The second-order valence-corrected chi connectivity index (χ2v) is 4.29. The SMILES string of the molecule is ClC(Cl)=C(Cl)c1cccc(Cl)c1Cl. The van der Waals surface area contributed by atoms with Gasteiger partial charge in [0, 0.05) is 5.56 Å². The van der Waals surface area contributed by atoms with Crippen molar-refractivity contribution in [1.29, 1.82) is 0 Å². The Morgan fingerprint density at radius 1 is 1.00 bits per heavy atom. The molecule has 0 fully saturated rings. The summed E-state index contributed by atoms with van der Waals surface area (Å²) in [5, 5.41) is 0.940. The first-order chi connectivity index (χ1) is 6.04. The van der Waals surface area contributed by atoms with Crippen LogP contribution in [0, 0.1) is 0 Å². The van der Waals surface area contributed by atoms with Crippen LogP contribution >= 0.6 is 58.0 Å². The molecule has 0 nitrogen and oxygen atoms in total. The zero-order chi connectivity index (χ0) is 10.0. The van der Waals surface area contributed by atoms with Gasteiger partial charge in [-0.25, -0.2) is 0 Å². The Hall–Kier alpha value is 0.410. The van der Waals surface area contributed by atoms with Crippen molar-refractivity contribution in [3.8, 4) is 0 Å². The molecule has 0 amide bonds. The predicted octanol–water partition coefficient (Wildman–Crippen LogP) is 5.34. The Kier molecular flexibility index (Phi) is 4.21. The summed E-state index contributed by atoms with van der Waals surface area (Å²) in [4.78, 5) is 0. The normalized spacial score (nSPS) is 9.92. The van der Waals surface area contributed by atoms with Gasteiger partial charge in [0.2, 0.25) is 0 Å². The fourth-order valence-corrected chi connectivity index (χ4v) is 1.58. The van der Waals surface area contributed by atoms with E-state index in [-0.39, 0.29) is 9.52 Å². The van der Waals surface area contributed by atoms with Gasteiger partial charge in [-0.15, -0.1) is 0 Å². The number of benzene rings is 1. The Morgan fingerprint density at radius 3 is 2.15 bits per heavy atom. The van der Waals surface area contributed by atoms with E-state index >= 15 is 0 Å². The Labute approximate surface area is 101 Å². The second kappa shape index (κ2) is 4.77. The summed E-state index contributed by atoms with van der Waals surface area (Å²) in [6, 6.07) is 5.05. The second-order valence-electron chi connectivity index (χ2n) is 2.18. The van der Waals surface area contributed by atoms with Crippen LogP contribution in [-0.2, 0) is 0 Å². The minimum atomic E-state index is -0.0363. The summed E-state index contributed by atoms with van der Waals surface area (Å²) in [5.41, 5.74) is 0.524. The van der Waals surface area contributed by atoms with Gasteiger partial charge < -0.3 is 0 Å². The molecule has 0 saturated carbocycles. The highest BCUT2D eigenvalue weighted by atomic mass is 35.5. The molecular formula is C8H3Cl5. The zero-order valence-corrected chi connectivity index (χ0v) is 9.90. The molecule has 1 rings (SSSR count). The van der Waals surface area contributed by atoms with Gasteiger partial charge in [-0.1, -0.05) is 70.1 Å². The molecule has 0 aliphatic carbocycles. The maximum atomic E-state index is 5.86. The van der Waals surface area contributed by atoms with E-state index in [9.17, 15) is 0 Å². The van der Waals surface area contributed by atoms with Crippen LogP contribution < -0.4 is 0 Å². The number of rotatable bonds is 1. The lowest BCUT2D eigenvalue weighted by molar-refractivity contribution is 1.64. The monoisotopic (exact) mass is 274 g/mol. The van der Waals surface area contributed by atoms with E-state index in [2.05, 4.69) is 0 Å². The van der Waals surface area contributed by atoms with Crippen molar-refractivity contribution >= 4 is 63.0 Å². The highest BCUT2D eigenvalue weighted by Gasteiger charge is 2.09. The van der Waals surface area contributed by atoms with Gasteiger partial charge in [0.25, 0.3) is 0 Å². The van der Waals surface area contributed by atoms with Crippen molar-refractivity contribution in [2.75, 3.05) is 0 Å². The van der Waals surface area contributed by atoms with E-state index in [0.29, 0.717) is 15.6 Å². The largest absolute Gasteiger partial charge is 0.126 e. The molecule has 0 bridgehead atoms. The van der Waals surface area contributed by atoms with Gasteiger partial charge in [-0.2, -0.15) is 0 Å². The lowest BCUT2D eigenvalue weighted by atomic mass is 10.2. The molecule has 0 N–H and O–H groups in total. The average Bonchev–Trinajstić information content (AvgIpc) is 2.08. The molecule has 0 radical (unpaired) electrons. The van der Waals surface area contributed by atoms with Crippen molar-refractivity contribution in [2.45, 2.75) is 0 Å². The molecule has 0 aromatic heterocycles. The van der Waals surface area contributed by atoms with Crippen LogP contribution in [0.1, 0.15) is 5.56 Å². The molecular weight excluding hydrogens is 273 g/mol. The van der Waals surface area contributed by atoms with E-state index in [1.54, 1.807) is 18.2 Å². The molecule has 13 heavy (non-hydrogen) atoms. The highest BCUT2D eigenvalue weighted by Crippen LogP contribution is 2.35. The average molecular weight is 276 g/mol. The van der Waals surface area contributed by atoms with Crippen LogP contribution in [0.3, 0.4) is 0 Å². The van der Waals surface area contributed by atoms with E-state index in [4.69, 9.17) is 58.0 Å². The van der Waals surface area contributed by atoms with Crippen molar-refractivity contribution in [3.05, 3.63) is 38.3 Å². The van der Waals surface area contributed by atoms with E-state index in [1.807, 2.05) is 0 Å². The van der Waals surface area contributed by atoms with Crippen LogP contribution in [0.5, 0.6) is 0 Å². The predicted molar refractivity (Wildman–Crippen MR) is 60.9 cm³/mol. The van der Waals surface area contributed by atoms with E-state index in [1.165, 1.54) is 0 Å². The molecule has 1 aromatic rings. The summed E-state index contributed by atoms with van der Waals surface area (Å²) in [5.74, 6) is 0. The van der Waals surface area contributed by atoms with Crippen molar-refractivity contribution in [1.82, 2.24) is 0 Å². The third-order valence-electron chi connectivity index (χ3n) is 1.35. The summed E-state index contributed by atoms with van der Waals surface area (Å²) in [7, 11) is 0. The maximum absolute atomic E-state index is 5.86. The van der Waals surface area contributed by atoms with Crippen LogP contribution in [0.2, 0.25) is 10.0 Å². The highest BCUT2D eigenvalue weighted by molar-refractivity contribution is 6.67. The van der Waals surface area contributed by atoms with Crippen LogP contribution in [0.15, 0.2) is 22.7 Å². The fourth-order valence-electron chi connectivity index (χ4n) is 0.775. The fraction of sp³-hybridized carbons (Fsp3) is 0. The third-order valence-corrected chi connectivity index (χ3v) is 3.14. The first-order valence-corrected chi connectivity index (χ1v) is 5.08. The molecule has 0 saturated heterocycles. The summed E-state index contributed by atoms with van der Waals surface area (Å²) in [6.07, 6.45) is 0. The molecule has 0 spiro atoms. The van der Waals surface area contributed by atoms with Crippen molar-refractivity contribution in [2.24, 2.45) is 0 Å². The van der Waals surface area contributed by atoms with Gasteiger partial charge in [0.05, 0.1) is 15.1 Å². The van der Waals surface area contributed by atoms with Gasteiger partial charge in [0.1, 0.15) is 4.49 Å². The first kappa shape index (κ1) is 11.5. The maximum Gasteiger partial charge on any atom is 0.126 e. The molecule has 0 unspecified atom stereocenters. The molecule has 5 heteroatoms. The number of hydrogen-bond acceptors (Lipinski definition) is 0. The number of halogens is 5. The van der Waals surface area contributed by atoms with Gasteiger partial charge in [-0.3, -0.25) is 0 Å². The van der Waals surface area contributed by atoms with Crippen LogP contribution in [0.4, 0.5) is 0 Å². The standard InChI is InChI=1S/C8H3Cl5/c9-5-3-1-2-4(6(5)10)7(11)8(12)13/h1-3H. The number of hydrogen-bond donors (Lipinski definition) is 0. The van der Waals surface area contributed by atoms with Crippen molar-refractivity contribution in [3.63, 3.8) is 0 Å². The smallest absolute Gasteiger partial charge is 0.0827 e. The van der Waals surface area contributed by atoms with E-state index in [0.717, 1.165) is 0 Å². The Morgan fingerprint density at radius 2 is 1.62 bits per heavy atom. The summed E-state index contributed by atoms with van der Waals surface area (Å²) in [6.45, 7) is 0. The van der Waals surface area contributed by atoms with Gasteiger partial charge >= 0.3 is 0 Å². The molecule has 0 aliphatic heterocycles. The lowest BCUT2D eigenvalue weighted by Gasteiger charge is -2.03. The van der Waals surface area contributed by atoms with Crippen LogP contribution in [0.25, 0.3) is 5.03 Å². The van der Waals surface area contributed by atoms with E-state index < -0.39 is 0 Å². The minimum Gasteiger partial charge on any atom is -0.0827 e. The summed E-state index contributed by atoms with van der Waals surface area (Å²) >= 11 is 28.4.